The molecular formula is C21H23N5O3S. The first-order valence-corrected chi connectivity index (χ1v) is 11.3. The minimum atomic E-state index is -3.73. The number of aromatic nitrogens is 3. The molecule has 30 heavy (non-hydrogen) atoms. The molecule has 156 valence electrons. The van der Waals surface area contributed by atoms with E-state index >= 15 is 0 Å². The molecule has 1 aliphatic rings. The molecule has 0 unspecified atom stereocenters. The quantitative estimate of drug-likeness (QED) is 0.653. The summed E-state index contributed by atoms with van der Waals surface area (Å²) in [6.45, 7) is 2.77. The van der Waals surface area contributed by atoms with Crippen LogP contribution in [0.25, 0.3) is 11.4 Å². The average molecular weight is 426 g/mol. The van der Waals surface area contributed by atoms with Crippen LogP contribution in [0.2, 0.25) is 0 Å². The molecule has 3 aromatic rings. The number of benzene rings is 2. The summed E-state index contributed by atoms with van der Waals surface area (Å²) in [6, 6.07) is 13.4. The Kier molecular flexibility index (Phi) is 5.65. The van der Waals surface area contributed by atoms with E-state index in [1.54, 1.807) is 30.3 Å². The first-order chi connectivity index (χ1) is 14.4. The molecule has 2 heterocycles. The topological polar surface area (TPSA) is 108 Å². The van der Waals surface area contributed by atoms with Crippen molar-refractivity contribution >= 4 is 21.6 Å². The number of amides is 1. The molecule has 1 saturated heterocycles. The number of H-pyrrole nitrogens is 1. The Hall–Kier alpha value is -3.04. The summed E-state index contributed by atoms with van der Waals surface area (Å²) >= 11 is 0. The van der Waals surface area contributed by atoms with Crippen LogP contribution in [0.5, 0.6) is 0 Å². The van der Waals surface area contributed by atoms with Gasteiger partial charge in [0.25, 0.3) is 5.91 Å². The van der Waals surface area contributed by atoms with Gasteiger partial charge in [-0.1, -0.05) is 30.7 Å². The van der Waals surface area contributed by atoms with Gasteiger partial charge in [-0.05, 0) is 44.0 Å². The second kappa shape index (κ2) is 8.37. The summed E-state index contributed by atoms with van der Waals surface area (Å²) in [5.74, 6) is 0.738. The summed E-state index contributed by atoms with van der Waals surface area (Å²) in [6.07, 6.45) is 2.69. The molecule has 1 aliphatic heterocycles. The largest absolute Gasteiger partial charge is 0.322 e. The van der Waals surface area contributed by atoms with E-state index in [1.165, 1.54) is 16.4 Å². The fraction of sp³-hybridized carbons (Fsp3) is 0.286. The van der Waals surface area contributed by atoms with Gasteiger partial charge in [0.2, 0.25) is 10.0 Å². The van der Waals surface area contributed by atoms with Crippen LogP contribution < -0.4 is 5.32 Å². The normalized spacial score (nSPS) is 15.1. The third kappa shape index (κ3) is 4.12. The second-order valence-corrected chi connectivity index (χ2v) is 9.15. The first kappa shape index (κ1) is 20.2. The van der Waals surface area contributed by atoms with Gasteiger partial charge in [-0.2, -0.15) is 9.40 Å². The molecule has 1 aromatic heterocycles. The molecule has 0 spiro atoms. The molecular weight excluding hydrogens is 402 g/mol. The molecule has 9 heteroatoms. The Morgan fingerprint density at radius 1 is 1.07 bits per heavy atom. The molecule has 0 saturated carbocycles. The van der Waals surface area contributed by atoms with Gasteiger partial charge in [0.15, 0.2) is 5.82 Å². The molecule has 8 nitrogen and oxygen atoms in total. The number of sulfonamides is 1. The Morgan fingerprint density at radius 2 is 1.83 bits per heavy atom. The Labute approximate surface area is 175 Å². The lowest BCUT2D eigenvalue weighted by molar-refractivity contribution is 0.102. The zero-order valence-electron chi connectivity index (χ0n) is 16.6. The van der Waals surface area contributed by atoms with Crippen molar-refractivity contribution < 1.29 is 13.2 Å². The zero-order valence-corrected chi connectivity index (χ0v) is 17.4. The highest BCUT2D eigenvalue weighted by Crippen LogP contribution is 2.25. The minimum absolute atomic E-state index is 0.0325. The maximum absolute atomic E-state index is 13.1. The summed E-state index contributed by atoms with van der Waals surface area (Å²) in [5, 5.41) is 9.72. The van der Waals surface area contributed by atoms with Gasteiger partial charge >= 0.3 is 0 Å². The number of nitrogens with zero attached hydrogens (tertiary/aromatic N) is 3. The van der Waals surface area contributed by atoms with Gasteiger partial charge in [0.1, 0.15) is 5.82 Å². The van der Waals surface area contributed by atoms with Gasteiger partial charge < -0.3 is 5.32 Å². The molecule has 4 rings (SSSR count). The highest BCUT2D eigenvalue weighted by Gasteiger charge is 2.29. The SMILES string of the molecule is Cc1nc(-c2cccc(NC(=O)c3ccccc3S(=O)(=O)N3CCCCC3)c2)n[nH]1. The number of carbonyl (C=O) groups is 1. The number of anilines is 1. The Balaban J connectivity index is 1.61. The van der Waals surface area contributed by atoms with E-state index in [1.807, 2.05) is 13.0 Å². The predicted octanol–water partition coefficient (Wildman–Crippen LogP) is 3.21. The van der Waals surface area contributed by atoms with Crippen LogP contribution in [0, 0.1) is 6.92 Å². The van der Waals surface area contributed by atoms with Crippen molar-refractivity contribution in [1.82, 2.24) is 19.5 Å². The maximum Gasteiger partial charge on any atom is 0.257 e. The third-order valence-electron chi connectivity index (χ3n) is 5.04. The van der Waals surface area contributed by atoms with Crippen molar-refractivity contribution in [2.75, 3.05) is 18.4 Å². The number of aromatic amines is 1. The molecule has 0 radical (unpaired) electrons. The average Bonchev–Trinajstić information content (AvgIpc) is 3.21. The highest BCUT2D eigenvalue weighted by atomic mass is 32.2. The van der Waals surface area contributed by atoms with E-state index in [2.05, 4.69) is 20.5 Å². The highest BCUT2D eigenvalue weighted by molar-refractivity contribution is 7.89. The van der Waals surface area contributed by atoms with Gasteiger partial charge in [-0.25, -0.2) is 13.4 Å². The third-order valence-corrected chi connectivity index (χ3v) is 7.00. The van der Waals surface area contributed by atoms with Gasteiger partial charge in [0, 0.05) is 24.3 Å². The van der Waals surface area contributed by atoms with Crippen LogP contribution in [-0.2, 0) is 10.0 Å². The maximum atomic E-state index is 13.1. The number of aryl methyl sites for hydroxylation is 1. The molecule has 0 atom stereocenters. The van der Waals surface area contributed by atoms with Gasteiger partial charge in [0.05, 0.1) is 10.5 Å². The summed E-state index contributed by atoms with van der Waals surface area (Å²) in [4.78, 5) is 17.3. The number of hydrogen-bond acceptors (Lipinski definition) is 5. The second-order valence-electron chi connectivity index (χ2n) is 7.24. The summed E-state index contributed by atoms with van der Waals surface area (Å²) in [7, 11) is -3.73. The molecule has 1 amide bonds. The monoisotopic (exact) mass is 425 g/mol. The molecule has 0 bridgehead atoms. The number of piperidine rings is 1. The number of rotatable bonds is 5. The minimum Gasteiger partial charge on any atom is -0.322 e. The first-order valence-electron chi connectivity index (χ1n) is 9.85. The van der Waals surface area contributed by atoms with Crippen LogP contribution in [0.3, 0.4) is 0 Å². The summed E-state index contributed by atoms with van der Waals surface area (Å²) in [5.41, 5.74) is 1.40. The van der Waals surface area contributed by atoms with Crippen LogP contribution in [0.1, 0.15) is 35.4 Å². The predicted molar refractivity (Wildman–Crippen MR) is 114 cm³/mol. The number of nitrogens with one attached hydrogen (secondary N) is 2. The van der Waals surface area contributed by atoms with Crippen molar-refractivity contribution in [2.24, 2.45) is 0 Å². The van der Waals surface area contributed by atoms with E-state index in [0.29, 0.717) is 30.4 Å². The van der Waals surface area contributed by atoms with E-state index in [-0.39, 0.29) is 10.5 Å². The lowest BCUT2D eigenvalue weighted by Gasteiger charge is -2.26. The van der Waals surface area contributed by atoms with Crippen LogP contribution in [-0.4, -0.2) is 46.9 Å². The van der Waals surface area contributed by atoms with E-state index in [9.17, 15) is 13.2 Å². The standard InChI is InChI=1S/C21H23N5O3S/c1-15-22-20(25-24-15)16-8-7-9-17(14-16)23-21(27)18-10-3-4-11-19(18)30(28,29)26-12-5-2-6-13-26/h3-4,7-11,14H,2,5-6,12-13H2,1H3,(H,23,27)(H,22,24,25). The van der Waals surface area contributed by atoms with Gasteiger partial charge in [-0.15, -0.1) is 0 Å². The van der Waals surface area contributed by atoms with E-state index in [4.69, 9.17) is 0 Å². The van der Waals surface area contributed by atoms with Crippen LogP contribution in [0.4, 0.5) is 5.69 Å². The van der Waals surface area contributed by atoms with Crippen LogP contribution in [0.15, 0.2) is 53.4 Å². The molecule has 1 fully saturated rings. The lowest BCUT2D eigenvalue weighted by atomic mass is 10.1. The molecule has 2 N–H and O–H groups in total. The molecule has 0 aliphatic carbocycles. The fourth-order valence-corrected chi connectivity index (χ4v) is 5.24. The molecule has 2 aromatic carbocycles. The Morgan fingerprint density at radius 3 is 2.57 bits per heavy atom. The Bertz CT molecular complexity index is 1170. The van der Waals surface area contributed by atoms with Crippen molar-refractivity contribution in [3.63, 3.8) is 0 Å². The van der Waals surface area contributed by atoms with Crippen LogP contribution >= 0.6 is 0 Å². The zero-order chi connectivity index (χ0) is 21.1. The smallest absolute Gasteiger partial charge is 0.257 e. The number of carbonyl (C=O) groups excluding carboxylic acids is 1. The van der Waals surface area contributed by atoms with Gasteiger partial charge in [-0.3, -0.25) is 9.89 Å². The van der Waals surface area contributed by atoms with Crippen molar-refractivity contribution in [3.8, 4) is 11.4 Å². The lowest BCUT2D eigenvalue weighted by Crippen LogP contribution is -2.36. The fourth-order valence-electron chi connectivity index (χ4n) is 3.53. The van der Waals surface area contributed by atoms with E-state index < -0.39 is 15.9 Å². The number of hydrogen-bond donors (Lipinski definition) is 2. The van der Waals surface area contributed by atoms with Crippen molar-refractivity contribution in [3.05, 3.63) is 59.9 Å². The summed E-state index contributed by atoms with van der Waals surface area (Å²) < 4.78 is 27.7. The van der Waals surface area contributed by atoms with E-state index in [0.717, 1.165) is 24.8 Å². The van der Waals surface area contributed by atoms with Crippen molar-refractivity contribution in [2.45, 2.75) is 31.1 Å². The van der Waals surface area contributed by atoms with Crippen molar-refractivity contribution in [1.29, 1.82) is 0 Å².